The number of hydrogen-bond acceptors (Lipinski definition) is 6. The second kappa shape index (κ2) is 7.47. The Bertz CT molecular complexity index is 897. The lowest BCUT2D eigenvalue weighted by molar-refractivity contribution is 0.0529. The number of carbonyl (C=O) groups excluding carboxylic acids is 1. The van der Waals surface area contributed by atoms with Crippen LogP contribution in [0.4, 0.5) is 0 Å². The van der Waals surface area contributed by atoms with Gasteiger partial charge in [-0.3, -0.25) is 9.78 Å². The Labute approximate surface area is 159 Å². The van der Waals surface area contributed by atoms with Gasteiger partial charge in [0, 0.05) is 31.1 Å². The fourth-order valence-corrected chi connectivity index (χ4v) is 3.77. The summed E-state index contributed by atoms with van der Waals surface area (Å²) in [5.74, 6) is 1.05. The highest BCUT2D eigenvalue weighted by atomic mass is 35.5. The van der Waals surface area contributed by atoms with Crippen molar-refractivity contribution in [2.75, 3.05) is 13.1 Å². The smallest absolute Gasteiger partial charge is 0.276 e. The molecule has 8 heteroatoms. The molecule has 0 saturated carbocycles. The van der Waals surface area contributed by atoms with Crippen LogP contribution < -0.4 is 4.74 Å². The maximum Gasteiger partial charge on any atom is 0.276 e. The first kappa shape index (κ1) is 17.1. The van der Waals surface area contributed by atoms with Gasteiger partial charge in [-0.15, -0.1) is 11.3 Å². The van der Waals surface area contributed by atoms with Gasteiger partial charge in [0.1, 0.15) is 16.9 Å². The number of nitrogens with zero attached hydrogens (tertiary/aromatic N) is 3. The fourth-order valence-electron chi connectivity index (χ4n) is 2.93. The van der Waals surface area contributed by atoms with E-state index in [1.165, 1.54) is 0 Å². The lowest BCUT2D eigenvalue weighted by Crippen LogP contribution is -2.44. The minimum Gasteiger partial charge on any atom is -0.487 e. The molecule has 4 heterocycles. The zero-order valence-corrected chi connectivity index (χ0v) is 15.4. The molecule has 134 valence electrons. The van der Waals surface area contributed by atoms with Crippen LogP contribution in [0, 0.1) is 0 Å². The minimum atomic E-state index is -0.148. The largest absolute Gasteiger partial charge is 0.487 e. The maximum atomic E-state index is 12.8. The molecular formula is C18H16ClN3O3S. The SMILES string of the molecule is O=C(c1cc(-c2cccs2)on1)N1CCCC(Oc2ccncc2Cl)C1. The molecule has 3 aromatic rings. The van der Waals surface area contributed by atoms with Gasteiger partial charge in [-0.1, -0.05) is 22.8 Å². The zero-order chi connectivity index (χ0) is 17.9. The lowest BCUT2D eigenvalue weighted by Gasteiger charge is -2.32. The van der Waals surface area contributed by atoms with E-state index >= 15 is 0 Å². The Morgan fingerprint density at radius 1 is 1.42 bits per heavy atom. The van der Waals surface area contributed by atoms with E-state index in [1.54, 1.807) is 40.8 Å². The molecule has 3 aromatic heterocycles. The van der Waals surface area contributed by atoms with Crippen molar-refractivity contribution in [1.29, 1.82) is 0 Å². The van der Waals surface area contributed by atoms with E-state index in [0.29, 0.717) is 35.3 Å². The van der Waals surface area contributed by atoms with Crippen molar-refractivity contribution >= 4 is 28.8 Å². The molecule has 4 rings (SSSR count). The summed E-state index contributed by atoms with van der Waals surface area (Å²) in [6.07, 6.45) is 4.78. The highest BCUT2D eigenvalue weighted by molar-refractivity contribution is 7.13. The van der Waals surface area contributed by atoms with Crippen molar-refractivity contribution in [2.45, 2.75) is 18.9 Å². The molecule has 0 aliphatic carbocycles. The summed E-state index contributed by atoms with van der Waals surface area (Å²) in [4.78, 5) is 19.4. The summed E-state index contributed by atoms with van der Waals surface area (Å²) in [6.45, 7) is 1.16. The van der Waals surface area contributed by atoms with Crippen molar-refractivity contribution in [3.05, 3.63) is 52.8 Å². The average Bonchev–Trinajstić information content (AvgIpc) is 3.35. The van der Waals surface area contributed by atoms with Gasteiger partial charge in [-0.05, 0) is 24.3 Å². The topological polar surface area (TPSA) is 68.5 Å². The second-order valence-corrected chi connectivity index (χ2v) is 7.35. The van der Waals surface area contributed by atoms with Gasteiger partial charge >= 0.3 is 0 Å². The van der Waals surface area contributed by atoms with Crippen LogP contribution in [0.5, 0.6) is 5.75 Å². The van der Waals surface area contributed by atoms with Gasteiger partial charge in [0.15, 0.2) is 11.5 Å². The van der Waals surface area contributed by atoms with E-state index in [1.807, 2.05) is 17.5 Å². The van der Waals surface area contributed by atoms with Crippen molar-refractivity contribution < 1.29 is 14.1 Å². The maximum absolute atomic E-state index is 12.8. The third-order valence-corrected chi connectivity index (χ3v) is 5.36. The highest BCUT2D eigenvalue weighted by Crippen LogP contribution is 2.27. The average molecular weight is 390 g/mol. The number of hydrogen-bond donors (Lipinski definition) is 0. The number of thiophene rings is 1. The predicted octanol–water partition coefficient (Wildman–Crippen LogP) is 4.14. The zero-order valence-electron chi connectivity index (χ0n) is 13.8. The third kappa shape index (κ3) is 3.59. The van der Waals surface area contributed by atoms with Crippen molar-refractivity contribution in [3.8, 4) is 16.4 Å². The number of pyridine rings is 1. The molecule has 0 bridgehead atoms. The Morgan fingerprint density at radius 3 is 3.15 bits per heavy atom. The normalized spacial score (nSPS) is 17.3. The Balaban J connectivity index is 1.44. The molecular weight excluding hydrogens is 374 g/mol. The summed E-state index contributed by atoms with van der Waals surface area (Å²) in [6, 6.07) is 7.29. The highest BCUT2D eigenvalue weighted by Gasteiger charge is 2.28. The Morgan fingerprint density at radius 2 is 2.35 bits per heavy atom. The van der Waals surface area contributed by atoms with E-state index in [2.05, 4.69) is 10.1 Å². The molecule has 1 amide bonds. The predicted molar refractivity (Wildman–Crippen MR) is 98.6 cm³/mol. The first-order valence-corrected chi connectivity index (χ1v) is 9.52. The molecule has 1 aliphatic rings. The molecule has 6 nitrogen and oxygen atoms in total. The molecule has 1 aliphatic heterocycles. The number of amides is 1. The number of likely N-dealkylation sites (tertiary alicyclic amines) is 1. The van der Waals surface area contributed by atoms with E-state index < -0.39 is 0 Å². The molecule has 0 N–H and O–H groups in total. The van der Waals surface area contributed by atoms with E-state index in [4.69, 9.17) is 20.9 Å². The standard InChI is InChI=1S/C18H16ClN3O3S/c19-13-10-20-6-5-15(13)24-12-3-1-7-22(11-12)18(23)14-9-16(25-21-14)17-4-2-8-26-17/h2,4-6,8-10,12H,1,3,7,11H2. The van der Waals surface area contributed by atoms with Crippen LogP contribution in [0.3, 0.4) is 0 Å². The summed E-state index contributed by atoms with van der Waals surface area (Å²) in [5.41, 5.74) is 0.316. The summed E-state index contributed by atoms with van der Waals surface area (Å²) in [5, 5.41) is 6.36. The van der Waals surface area contributed by atoms with E-state index in [9.17, 15) is 4.79 Å². The number of carbonyl (C=O) groups is 1. The van der Waals surface area contributed by atoms with Crippen LogP contribution in [0.1, 0.15) is 23.3 Å². The van der Waals surface area contributed by atoms with Crippen molar-refractivity contribution in [1.82, 2.24) is 15.0 Å². The number of aromatic nitrogens is 2. The lowest BCUT2D eigenvalue weighted by atomic mass is 10.1. The molecule has 1 saturated heterocycles. The Kier molecular flexibility index (Phi) is 4.90. The van der Waals surface area contributed by atoms with Crippen LogP contribution in [0.25, 0.3) is 10.6 Å². The van der Waals surface area contributed by atoms with Crippen molar-refractivity contribution in [2.24, 2.45) is 0 Å². The van der Waals surface area contributed by atoms with Crippen LogP contribution in [-0.4, -0.2) is 40.1 Å². The molecule has 0 aromatic carbocycles. The summed E-state index contributed by atoms with van der Waals surface area (Å²) < 4.78 is 11.3. The van der Waals surface area contributed by atoms with E-state index in [-0.39, 0.29) is 12.0 Å². The van der Waals surface area contributed by atoms with Gasteiger partial charge in [-0.25, -0.2) is 0 Å². The fraction of sp³-hybridized carbons (Fsp3) is 0.278. The Hall–Kier alpha value is -2.38. The number of rotatable bonds is 4. The van der Waals surface area contributed by atoms with E-state index in [0.717, 1.165) is 17.7 Å². The molecule has 0 radical (unpaired) electrons. The van der Waals surface area contributed by atoms with Gasteiger partial charge in [0.05, 0.1) is 11.4 Å². The quantitative estimate of drug-likeness (QED) is 0.670. The van der Waals surface area contributed by atoms with Crippen LogP contribution in [0.15, 0.2) is 46.6 Å². The second-order valence-electron chi connectivity index (χ2n) is 5.99. The van der Waals surface area contributed by atoms with Crippen LogP contribution in [0.2, 0.25) is 5.02 Å². The summed E-state index contributed by atoms with van der Waals surface area (Å²) >= 11 is 7.64. The minimum absolute atomic E-state index is 0.115. The van der Waals surface area contributed by atoms with Crippen LogP contribution >= 0.6 is 22.9 Å². The number of halogens is 1. The molecule has 1 unspecified atom stereocenters. The third-order valence-electron chi connectivity index (χ3n) is 4.19. The van der Waals surface area contributed by atoms with Gasteiger partial charge in [0.25, 0.3) is 5.91 Å². The molecule has 1 atom stereocenters. The molecule has 0 spiro atoms. The summed E-state index contributed by atoms with van der Waals surface area (Å²) in [7, 11) is 0. The first-order chi connectivity index (χ1) is 12.7. The van der Waals surface area contributed by atoms with Gasteiger partial charge < -0.3 is 14.2 Å². The van der Waals surface area contributed by atoms with Gasteiger partial charge in [0.2, 0.25) is 0 Å². The first-order valence-electron chi connectivity index (χ1n) is 8.27. The van der Waals surface area contributed by atoms with Crippen molar-refractivity contribution in [3.63, 3.8) is 0 Å². The molecule has 26 heavy (non-hydrogen) atoms. The van der Waals surface area contributed by atoms with Crippen LogP contribution in [-0.2, 0) is 0 Å². The number of ether oxygens (including phenoxy) is 1. The monoisotopic (exact) mass is 389 g/mol. The number of piperidine rings is 1. The molecule has 1 fully saturated rings. The van der Waals surface area contributed by atoms with Gasteiger partial charge in [-0.2, -0.15) is 0 Å².